The van der Waals surface area contributed by atoms with Crippen molar-refractivity contribution in [2.75, 3.05) is 7.11 Å². The molecule has 0 radical (unpaired) electrons. The lowest BCUT2D eigenvalue weighted by atomic mass is 9.92. The zero-order chi connectivity index (χ0) is 20.7. The van der Waals surface area contributed by atoms with E-state index in [4.69, 9.17) is 14.8 Å². The third kappa shape index (κ3) is 3.39. The average Bonchev–Trinajstić information content (AvgIpc) is 3.39. The van der Waals surface area contributed by atoms with Crippen LogP contribution >= 0.6 is 15.9 Å². The minimum atomic E-state index is 0.189. The van der Waals surface area contributed by atoms with Gasteiger partial charge in [0.1, 0.15) is 21.8 Å². The van der Waals surface area contributed by atoms with Gasteiger partial charge >= 0.3 is 0 Å². The standard InChI is InChI=1S/C21H20BrN7O/c1-13-11-28(12-24-13)17-6-5-16(25-21(17)30-2)19-26-20-15(4-3-9-29(20)27-19)14-7-8-23-18(22)10-14/h5-8,10-12,15H,3-4,9H2,1-2H3/t15-/m1/s1. The van der Waals surface area contributed by atoms with Crippen molar-refractivity contribution in [3.63, 3.8) is 0 Å². The summed E-state index contributed by atoms with van der Waals surface area (Å²) in [6.45, 7) is 2.80. The molecule has 30 heavy (non-hydrogen) atoms. The Hall–Kier alpha value is -3.07. The van der Waals surface area contributed by atoms with Crippen molar-refractivity contribution in [1.82, 2.24) is 34.3 Å². The predicted octanol–water partition coefficient (Wildman–Crippen LogP) is 3.93. The van der Waals surface area contributed by atoms with Crippen LogP contribution in [-0.2, 0) is 6.54 Å². The number of imidazole rings is 1. The highest BCUT2D eigenvalue weighted by Gasteiger charge is 2.27. The number of pyridine rings is 2. The van der Waals surface area contributed by atoms with Crippen LogP contribution in [0.25, 0.3) is 17.2 Å². The largest absolute Gasteiger partial charge is 0.479 e. The van der Waals surface area contributed by atoms with Crippen molar-refractivity contribution in [3.8, 4) is 23.1 Å². The zero-order valence-corrected chi connectivity index (χ0v) is 18.2. The maximum absolute atomic E-state index is 5.54. The van der Waals surface area contributed by atoms with Gasteiger partial charge in [0.2, 0.25) is 5.88 Å². The van der Waals surface area contributed by atoms with Gasteiger partial charge in [-0.3, -0.25) is 0 Å². The fourth-order valence-electron chi connectivity index (χ4n) is 3.87. The van der Waals surface area contributed by atoms with Crippen LogP contribution in [0.3, 0.4) is 0 Å². The molecule has 0 spiro atoms. The molecular weight excluding hydrogens is 446 g/mol. The van der Waals surface area contributed by atoms with E-state index in [0.717, 1.165) is 41.2 Å². The summed E-state index contributed by atoms with van der Waals surface area (Å²) in [5, 5.41) is 4.74. The van der Waals surface area contributed by atoms with Crippen molar-refractivity contribution >= 4 is 15.9 Å². The molecule has 0 saturated carbocycles. The summed E-state index contributed by atoms with van der Waals surface area (Å²) in [5.74, 6) is 2.27. The Morgan fingerprint density at radius 3 is 2.83 bits per heavy atom. The lowest BCUT2D eigenvalue weighted by molar-refractivity contribution is 0.396. The summed E-state index contributed by atoms with van der Waals surface area (Å²) < 4.78 is 10.3. The van der Waals surface area contributed by atoms with Gasteiger partial charge in [-0.25, -0.2) is 24.6 Å². The van der Waals surface area contributed by atoms with E-state index in [0.29, 0.717) is 17.4 Å². The molecule has 1 aliphatic heterocycles. The molecule has 0 bridgehead atoms. The molecule has 0 aromatic carbocycles. The minimum Gasteiger partial charge on any atom is -0.479 e. The quantitative estimate of drug-likeness (QED) is 0.424. The van der Waals surface area contributed by atoms with Gasteiger partial charge in [0.25, 0.3) is 0 Å². The number of aryl methyl sites for hydroxylation is 2. The smallest absolute Gasteiger partial charge is 0.238 e. The first-order chi connectivity index (χ1) is 14.6. The van der Waals surface area contributed by atoms with E-state index >= 15 is 0 Å². The molecule has 0 amide bonds. The lowest BCUT2D eigenvalue weighted by Crippen LogP contribution is -2.18. The van der Waals surface area contributed by atoms with Gasteiger partial charge in [-0.15, -0.1) is 5.10 Å². The van der Waals surface area contributed by atoms with Gasteiger partial charge in [-0.1, -0.05) is 0 Å². The van der Waals surface area contributed by atoms with Gasteiger partial charge in [-0.2, -0.15) is 0 Å². The van der Waals surface area contributed by atoms with Crippen molar-refractivity contribution in [2.24, 2.45) is 0 Å². The molecule has 0 N–H and O–H groups in total. The average molecular weight is 466 g/mol. The number of fused-ring (bicyclic) bond motifs is 1. The summed E-state index contributed by atoms with van der Waals surface area (Å²) in [6.07, 6.45) is 7.59. The number of aromatic nitrogens is 7. The second-order valence-corrected chi connectivity index (χ2v) is 8.08. The Morgan fingerprint density at radius 1 is 1.17 bits per heavy atom. The number of methoxy groups -OCH3 is 1. The SMILES string of the molecule is COc1nc(-c2nc3n(n2)CCC[C@@H]3c2ccnc(Br)c2)ccc1-n1cnc(C)c1. The highest BCUT2D eigenvalue weighted by atomic mass is 79.9. The first kappa shape index (κ1) is 18.9. The van der Waals surface area contributed by atoms with Gasteiger partial charge in [0.15, 0.2) is 5.82 Å². The minimum absolute atomic E-state index is 0.189. The first-order valence-corrected chi connectivity index (χ1v) is 10.5. The van der Waals surface area contributed by atoms with E-state index in [1.807, 2.05) is 46.8 Å². The van der Waals surface area contributed by atoms with Crippen LogP contribution in [-0.4, -0.2) is 41.4 Å². The monoisotopic (exact) mass is 465 g/mol. The molecule has 4 aromatic rings. The van der Waals surface area contributed by atoms with Gasteiger partial charge in [0.05, 0.1) is 19.1 Å². The van der Waals surface area contributed by atoms with E-state index < -0.39 is 0 Å². The van der Waals surface area contributed by atoms with E-state index in [-0.39, 0.29) is 5.92 Å². The highest BCUT2D eigenvalue weighted by molar-refractivity contribution is 9.10. The number of hydrogen-bond acceptors (Lipinski definition) is 6. The maximum Gasteiger partial charge on any atom is 0.238 e. The van der Waals surface area contributed by atoms with E-state index in [1.54, 1.807) is 13.4 Å². The second-order valence-electron chi connectivity index (χ2n) is 7.27. The Balaban J connectivity index is 1.53. The molecular formula is C21H20BrN7O. The van der Waals surface area contributed by atoms with Crippen LogP contribution in [0.15, 0.2) is 47.6 Å². The maximum atomic E-state index is 5.54. The molecule has 0 fully saturated rings. The third-order valence-corrected chi connectivity index (χ3v) is 5.71. The molecule has 0 unspecified atom stereocenters. The summed E-state index contributed by atoms with van der Waals surface area (Å²) in [6, 6.07) is 7.98. The molecule has 5 rings (SSSR count). The molecule has 5 heterocycles. The van der Waals surface area contributed by atoms with Crippen molar-refractivity contribution in [2.45, 2.75) is 32.2 Å². The van der Waals surface area contributed by atoms with Crippen molar-refractivity contribution in [3.05, 3.63) is 64.7 Å². The topological polar surface area (TPSA) is 83.5 Å². The number of halogens is 1. The van der Waals surface area contributed by atoms with E-state index in [2.05, 4.69) is 36.9 Å². The number of rotatable bonds is 4. The Kier molecular flexibility index (Phi) is 4.82. The Morgan fingerprint density at radius 2 is 2.07 bits per heavy atom. The summed E-state index contributed by atoms with van der Waals surface area (Å²) in [7, 11) is 1.61. The van der Waals surface area contributed by atoms with Crippen LogP contribution in [0.1, 0.15) is 35.8 Å². The number of nitrogens with zero attached hydrogens (tertiary/aromatic N) is 7. The molecule has 9 heteroatoms. The van der Waals surface area contributed by atoms with Crippen molar-refractivity contribution < 1.29 is 4.74 Å². The molecule has 0 aliphatic carbocycles. The fraction of sp³-hybridized carbons (Fsp3) is 0.286. The van der Waals surface area contributed by atoms with E-state index in [9.17, 15) is 0 Å². The van der Waals surface area contributed by atoms with Gasteiger partial charge in [0, 0.05) is 24.9 Å². The number of ether oxygens (including phenoxy) is 1. The van der Waals surface area contributed by atoms with Gasteiger partial charge < -0.3 is 9.30 Å². The zero-order valence-electron chi connectivity index (χ0n) is 16.7. The molecule has 4 aromatic heterocycles. The summed E-state index contributed by atoms with van der Waals surface area (Å²) >= 11 is 3.47. The molecule has 0 saturated heterocycles. The molecule has 8 nitrogen and oxygen atoms in total. The van der Waals surface area contributed by atoms with Gasteiger partial charge in [-0.05, 0) is 65.5 Å². The highest BCUT2D eigenvalue weighted by Crippen LogP contribution is 2.34. The van der Waals surface area contributed by atoms with Crippen molar-refractivity contribution in [1.29, 1.82) is 0 Å². The Labute approximate surface area is 182 Å². The third-order valence-electron chi connectivity index (χ3n) is 5.28. The van der Waals surface area contributed by atoms with Crippen LogP contribution < -0.4 is 4.74 Å². The fourth-order valence-corrected chi connectivity index (χ4v) is 4.25. The molecule has 152 valence electrons. The van der Waals surface area contributed by atoms with Crippen LogP contribution in [0.2, 0.25) is 0 Å². The Bertz CT molecular complexity index is 1220. The first-order valence-electron chi connectivity index (χ1n) is 9.75. The summed E-state index contributed by atoms with van der Waals surface area (Å²) in [4.78, 5) is 18.1. The van der Waals surface area contributed by atoms with Crippen LogP contribution in [0.5, 0.6) is 5.88 Å². The van der Waals surface area contributed by atoms with E-state index in [1.165, 1.54) is 5.56 Å². The van der Waals surface area contributed by atoms with Crippen LogP contribution in [0.4, 0.5) is 0 Å². The lowest BCUT2D eigenvalue weighted by Gasteiger charge is -2.22. The molecule has 1 atom stereocenters. The summed E-state index contributed by atoms with van der Waals surface area (Å²) in [5.41, 5.74) is 3.63. The second kappa shape index (κ2) is 7.64. The molecule has 1 aliphatic rings. The predicted molar refractivity (Wildman–Crippen MR) is 115 cm³/mol. The van der Waals surface area contributed by atoms with Crippen LogP contribution in [0, 0.1) is 6.92 Å². The normalized spacial score (nSPS) is 15.8. The number of hydrogen-bond donors (Lipinski definition) is 0.